The average molecular weight is 268 g/mol. The Bertz CT molecular complexity index is 626. The van der Waals surface area contributed by atoms with Gasteiger partial charge in [-0.3, -0.25) is 9.78 Å². The number of hydrogen-bond acceptors (Lipinski definition) is 3. The van der Waals surface area contributed by atoms with Gasteiger partial charge in [0.05, 0.1) is 7.11 Å². The molecule has 2 aromatic rings. The maximum absolute atomic E-state index is 12.4. The Morgan fingerprint density at radius 1 is 1.20 bits per heavy atom. The second kappa shape index (κ2) is 5.33. The molecule has 0 fully saturated rings. The van der Waals surface area contributed by atoms with E-state index in [4.69, 9.17) is 4.74 Å². The average Bonchev–Trinajstić information content (AvgIpc) is 2.54. The SMILES string of the molecule is COc1ccc2c(c1)CCN(C(=O)c1ccncc1)C2. The quantitative estimate of drug-likeness (QED) is 0.839. The van der Waals surface area contributed by atoms with Crippen molar-refractivity contribution >= 4 is 5.91 Å². The first-order chi connectivity index (χ1) is 9.78. The fourth-order valence-electron chi connectivity index (χ4n) is 2.51. The van der Waals surface area contributed by atoms with Crippen LogP contribution in [0.5, 0.6) is 5.75 Å². The summed E-state index contributed by atoms with van der Waals surface area (Å²) in [6.45, 7) is 1.39. The molecule has 20 heavy (non-hydrogen) atoms. The highest BCUT2D eigenvalue weighted by Gasteiger charge is 2.21. The van der Waals surface area contributed by atoms with Crippen molar-refractivity contribution in [3.05, 3.63) is 59.4 Å². The number of aromatic nitrogens is 1. The molecule has 0 bridgehead atoms. The Balaban J connectivity index is 1.80. The number of carbonyl (C=O) groups is 1. The highest BCUT2D eigenvalue weighted by molar-refractivity contribution is 5.94. The minimum atomic E-state index is 0.0638. The molecule has 2 heterocycles. The molecule has 1 aliphatic rings. The van der Waals surface area contributed by atoms with E-state index >= 15 is 0 Å². The first-order valence-electron chi connectivity index (χ1n) is 6.63. The van der Waals surface area contributed by atoms with Crippen molar-refractivity contribution in [1.29, 1.82) is 0 Å². The van der Waals surface area contributed by atoms with Gasteiger partial charge in [-0.25, -0.2) is 0 Å². The molecule has 0 saturated carbocycles. The summed E-state index contributed by atoms with van der Waals surface area (Å²) >= 11 is 0. The molecule has 0 radical (unpaired) electrons. The molecule has 102 valence electrons. The Labute approximate surface area is 118 Å². The summed E-state index contributed by atoms with van der Waals surface area (Å²) in [6, 6.07) is 9.56. The van der Waals surface area contributed by atoms with Crippen LogP contribution in [-0.2, 0) is 13.0 Å². The molecule has 0 spiro atoms. The molecule has 0 unspecified atom stereocenters. The highest BCUT2D eigenvalue weighted by atomic mass is 16.5. The van der Waals surface area contributed by atoms with Gasteiger partial charge in [-0.2, -0.15) is 0 Å². The molecule has 4 heteroatoms. The second-order valence-corrected chi connectivity index (χ2v) is 4.85. The van der Waals surface area contributed by atoms with Gasteiger partial charge in [-0.05, 0) is 41.8 Å². The van der Waals surface area contributed by atoms with E-state index in [1.165, 1.54) is 11.1 Å². The molecular formula is C16H16N2O2. The fourth-order valence-corrected chi connectivity index (χ4v) is 2.51. The first kappa shape index (κ1) is 12.7. The second-order valence-electron chi connectivity index (χ2n) is 4.85. The third-order valence-corrected chi connectivity index (χ3v) is 3.64. The Kier molecular flexibility index (Phi) is 3.37. The van der Waals surface area contributed by atoms with E-state index in [9.17, 15) is 4.79 Å². The standard InChI is InChI=1S/C16H16N2O2/c1-20-15-3-2-14-11-18(9-6-13(14)10-15)16(19)12-4-7-17-8-5-12/h2-5,7-8,10H,6,9,11H2,1H3. The van der Waals surface area contributed by atoms with E-state index < -0.39 is 0 Å². The topological polar surface area (TPSA) is 42.4 Å². The van der Waals surface area contributed by atoms with Crippen LogP contribution in [0.3, 0.4) is 0 Å². The number of amides is 1. The van der Waals surface area contributed by atoms with E-state index in [1.54, 1.807) is 31.6 Å². The van der Waals surface area contributed by atoms with Gasteiger partial charge < -0.3 is 9.64 Å². The van der Waals surface area contributed by atoms with Gasteiger partial charge in [-0.15, -0.1) is 0 Å². The third-order valence-electron chi connectivity index (χ3n) is 3.64. The van der Waals surface area contributed by atoms with E-state index in [1.807, 2.05) is 17.0 Å². The van der Waals surface area contributed by atoms with Crippen molar-refractivity contribution < 1.29 is 9.53 Å². The normalized spacial score (nSPS) is 13.8. The van der Waals surface area contributed by atoms with Crippen LogP contribution < -0.4 is 4.74 Å². The lowest BCUT2D eigenvalue weighted by Gasteiger charge is -2.29. The largest absolute Gasteiger partial charge is 0.497 e. The van der Waals surface area contributed by atoms with Crippen molar-refractivity contribution in [3.63, 3.8) is 0 Å². The Morgan fingerprint density at radius 2 is 2.00 bits per heavy atom. The third kappa shape index (κ3) is 2.37. The molecule has 1 amide bonds. The van der Waals surface area contributed by atoms with Crippen LogP contribution >= 0.6 is 0 Å². The van der Waals surface area contributed by atoms with Crippen molar-refractivity contribution in [3.8, 4) is 5.75 Å². The van der Waals surface area contributed by atoms with Crippen LogP contribution in [0.2, 0.25) is 0 Å². The van der Waals surface area contributed by atoms with E-state index in [2.05, 4.69) is 11.1 Å². The predicted octanol–water partition coefficient (Wildman–Crippen LogP) is 2.29. The minimum Gasteiger partial charge on any atom is -0.497 e. The summed E-state index contributed by atoms with van der Waals surface area (Å²) in [4.78, 5) is 18.2. The summed E-state index contributed by atoms with van der Waals surface area (Å²) in [7, 11) is 1.67. The summed E-state index contributed by atoms with van der Waals surface area (Å²) in [6.07, 6.45) is 4.16. The zero-order chi connectivity index (χ0) is 13.9. The molecule has 1 aromatic heterocycles. The lowest BCUT2D eigenvalue weighted by molar-refractivity contribution is 0.0734. The van der Waals surface area contributed by atoms with Crippen LogP contribution in [-0.4, -0.2) is 29.4 Å². The van der Waals surface area contributed by atoms with Gasteiger partial charge in [-0.1, -0.05) is 6.07 Å². The van der Waals surface area contributed by atoms with Gasteiger partial charge in [0.1, 0.15) is 5.75 Å². The maximum Gasteiger partial charge on any atom is 0.254 e. The van der Waals surface area contributed by atoms with Crippen molar-refractivity contribution in [2.24, 2.45) is 0 Å². The molecular weight excluding hydrogens is 252 g/mol. The summed E-state index contributed by atoms with van der Waals surface area (Å²) in [5.41, 5.74) is 3.15. The number of fused-ring (bicyclic) bond motifs is 1. The number of nitrogens with zero attached hydrogens (tertiary/aromatic N) is 2. The Morgan fingerprint density at radius 3 is 2.75 bits per heavy atom. The van der Waals surface area contributed by atoms with E-state index in [0.717, 1.165) is 18.7 Å². The van der Waals surface area contributed by atoms with Gasteiger partial charge in [0.2, 0.25) is 0 Å². The smallest absolute Gasteiger partial charge is 0.254 e. The molecule has 1 aromatic carbocycles. The number of benzene rings is 1. The van der Waals surface area contributed by atoms with Crippen molar-refractivity contribution in [2.45, 2.75) is 13.0 Å². The lowest BCUT2D eigenvalue weighted by Crippen LogP contribution is -2.35. The van der Waals surface area contributed by atoms with Gasteiger partial charge in [0.25, 0.3) is 5.91 Å². The molecule has 0 N–H and O–H groups in total. The number of hydrogen-bond donors (Lipinski definition) is 0. The predicted molar refractivity (Wildman–Crippen MR) is 75.7 cm³/mol. The molecule has 0 atom stereocenters. The minimum absolute atomic E-state index is 0.0638. The first-order valence-corrected chi connectivity index (χ1v) is 6.63. The van der Waals surface area contributed by atoms with Crippen LogP contribution in [0.25, 0.3) is 0 Å². The zero-order valence-corrected chi connectivity index (χ0v) is 11.4. The summed E-state index contributed by atoms with van der Waals surface area (Å²) < 4.78 is 5.24. The van der Waals surface area contributed by atoms with Crippen LogP contribution in [0.4, 0.5) is 0 Å². The summed E-state index contributed by atoms with van der Waals surface area (Å²) in [5, 5.41) is 0. The Hall–Kier alpha value is -2.36. The maximum atomic E-state index is 12.4. The van der Waals surface area contributed by atoms with Crippen molar-refractivity contribution in [1.82, 2.24) is 9.88 Å². The highest BCUT2D eigenvalue weighted by Crippen LogP contribution is 2.24. The monoisotopic (exact) mass is 268 g/mol. The van der Waals surface area contributed by atoms with Crippen LogP contribution in [0.1, 0.15) is 21.5 Å². The van der Waals surface area contributed by atoms with Crippen molar-refractivity contribution in [2.75, 3.05) is 13.7 Å². The van der Waals surface area contributed by atoms with E-state index in [-0.39, 0.29) is 5.91 Å². The van der Waals surface area contributed by atoms with Crippen LogP contribution in [0.15, 0.2) is 42.7 Å². The fraction of sp³-hybridized carbons (Fsp3) is 0.250. The summed E-state index contributed by atoms with van der Waals surface area (Å²) in [5.74, 6) is 0.937. The number of pyridine rings is 1. The lowest BCUT2D eigenvalue weighted by atomic mass is 9.99. The molecule has 1 aliphatic heterocycles. The molecule has 0 saturated heterocycles. The zero-order valence-electron chi connectivity index (χ0n) is 11.4. The van der Waals surface area contributed by atoms with Gasteiger partial charge in [0.15, 0.2) is 0 Å². The molecule has 3 rings (SSSR count). The number of methoxy groups -OCH3 is 1. The van der Waals surface area contributed by atoms with Gasteiger partial charge >= 0.3 is 0 Å². The number of rotatable bonds is 2. The number of ether oxygens (including phenoxy) is 1. The molecule has 4 nitrogen and oxygen atoms in total. The van der Waals surface area contributed by atoms with Gasteiger partial charge in [0, 0.05) is 31.0 Å². The van der Waals surface area contributed by atoms with Crippen LogP contribution in [0, 0.1) is 0 Å². The van der Waals surface area contributed by atoms with E-state index in [0.29, 0.717) is 12.1 Å². The molecule has 0 aliphatic carbocycles. The number of carbonyl (C=O) groups excluding carboxylic acids is 1.